The van der Waals surface area contributed by atoms with Gasteiger partial charge in [-0.1, -0.05) is 39.3 Å². The molecule has 0 spiro atoms. The number of rotatable bonds is 7. The first-order chi connectivity index (χ1) is 8.88. The third-order valence-corrected chi connectivity index (χ3v) is 2.97. The smallest absolute Gasteiger partial charge is 0.232 e. The SMILES string of the molecule is CC(C)CC(C)Oc1ncc(CNC(C)C)cc1Cl. The molecular formula is C15H25ClN2O. The fourth-order valence-corrected chi connectivity index (χ4v) is 2.11. The summed E-state index contributed by atoms with van der Waals surface area (Å²) < 4.78 is 5.77. The summed E-state index contributed by atoms with van der Waals surface area (Å²) in [5, 5.41) is 3.92. The quantitative estimate of drug-likeness (QED) is 0.820. The third-order valence-electron chi connectivity index (χ3n) is 2.69. The van der Waals surface area contributed by atoms with Crippen LogP contribution in [0.3, 0.4) is 0 Å². The van der Waals surface area contributed by atoms with Crippen molar-refractivity contribution >= 4 is 11.6 Å². The van der Waals surface area contributed by atoms with E-state index in [1.165, 1.54) is 0 Å². The number of ether oxygens (including phenoxy) is 1. The van der Waals surface area contributed by atoms with Crippen LogP contribution in [0.25, 0.3) is 0 Å². The highest BCUT2D eigenvalue weighted by Gasteiger charge is 2.11. The molecular weight excluding hydrogens is 260 g/mol. The number of nitrogens with zero attached hydrogens (tertiary/aromatic N) is 1. The Morgan fingerprint density at radius 1 is 1.26 bits per heavy atom. The second-order valence-corrected chi connectivity index (χ2v) is 6.13. The van der Waals surface area contributed by atoms with Crippen LogP contribution in [0.5, 0.6) is 5.88 Å². The molecule has 1 unspecified atom stereocenters. The van der Waals surface area contributed by atoms with Gasteiger partial charge in [0, 0.05) is 18.8 Å². The summed E-state index contributed by atoms with van der Waals surface area (Å²) in [4.78, 5) is 4.31. The van der Waals surface area contributed by atoms with Gasteiger partial charge in [0.05, 0.1) is 6.10 Å². The Kier molecular flexibility index (Phi) is 6.59. The van der Waals surface area contributed by atoms with E-state index >= 15 is 0 Å². The van der Waals surface area contributed by atoms with Gasteiger partial charge in [-0.2, -0.15) is 0 Å². The molecule has 1 heterocycles. The van der Waals surface area contributed by atoms with Gasteiger partial charge in [0.1, 0.15) is 5.02 Å². The van der Waals surface area contributed by atoms with E-state index in [2.05, 4.69) is 38.0 Å². The van der Waals surface area contributed by atoms with Crippen LogP contribution in [0.15, 0.2) is 12.3 Å². The van der Waals surface area contributed by atoms with Crippen molar-refractivity contribution in [2.24, 2.45) is 5.92 Å². The van der Waals surface area contributed by atoms with E-state index in [-0.39, 0.29) is 6.10 Å². The molecule has 1 aromatic heterocycles. The van der Waals surface area contributed by atoms with Gasteiger partial charge in [-0.15, -0.1) is 0 Å². The molecule has 0 saturated heterocycles. The minimum absolute atomic E-state index is 0.129. The molecule has 0 aliphatic heterocycles. The first-order valence-corrected chi connectivity index (χ1v) is 7.30. The Morgan fingerprint density at radius 3 is 2.47 bits per heavy atom. The Balaban J connectivity index is 2.61. The number of hydrogen-bond donors (Lipinski definition) is 1. The van der Waals surface area contributed by atoms with E-state index in [1.807, 2.05) is 19.2 Å². The molecule has 4 heteroatoms. The van der Waals surface area contributed by atoms with Gasteiger partial charge in [0.25, 0.3) is 0 Å². The largest absolute Gasteiger partial charge is 0.474 e. The molecule has 0 bridgehead atoms. The topological polar surface area (TPSA) is 34.1 Å². The van der Waals surface area contributed by atoms with E-state index in [1.54, 1.807) is 0 Å². The molecule has 3 nitrogen and oxygen atoms in total. The summed E-state index contributed by atoms with van der Waals surface area (Å²) in [6, 6.07) is 2.36. The first-order valence-electron chi connectivity index (χ1n) is 6.93. The number of halogens is 1. The van der Waals surface area contributed by atoms with Crippen LogP contribution in [0, 0.1) is 5.92 Å². The number of nitrogens with one attached hydrogen (secondary N) is 1. The summed E-state index contributed by atoms with van der Waals surface area (Å²) in [6.45, 7) is 11.4. The van der Waals surface area contributed by atoms with Gasteiger partial charge in [0.2, 0.25) is 5.88 Å². The molecule has 1 rings (SSSR count). The predicted molar refractivity (Wildman–Crippen MR) is 80.8 cm³/mol. The average molecular weight is 285 g/mol. The fraction of sp³-hybridized carbons (Fsp3) is 0.667. The van der Waals surface area contributed by atoms with Gasteiger partial charge in [-0.05, 0) is 30.9 Å². The van der Waals surface area contributed by atoms with Crippen molar-refractivity contribution in [3.8, 4) is 5.88 Å². The normalized spacial score (nSPS) is 13.1. The summed E-state index contributed by atoms with van der Waals surface area (Å²) in [6.07, 6.45) is 2.94. The molecule has 0 amide bonds. The Bertz CT molecular complexity index is 394. The maximum atomic E-state index is 6.21. The Morgan fingerprint density at radius 2 is 1.95 bits per heavy atom. The summed E-state index contributed by atoms with van der Waals surface area (Å²) in [5.41, 5.74) is 1.07. The zero-order chi connectivity index (χ0) is 14.4. The van der Waals surface area contributed by atoms with Crippen LogP contribution < -0.4 is 10.1 Å². The van der Waals surface area contributed by atoms with E-state index in [0.29, 0.717) is 22.9 Å². The monoisotopic (exact) mass is 284 g/mol. The second-order valence-electron chi connectivity index (χ2n) is 5.72. The zero-order valence-electron chi connectivity index (χ0n) is 12.5. The Labute approximate surface area is 121 Å². The van der Waals surface area contributed by atoms with E-state index in [9.17, 15) is 0 Å². The lowest BCUT2D eigenvalue weighted by atomic mass is 10.1. The minimum atomic E-state index is 0.129. The lowest BCUT2D eigenvalue weighted by Crippen LogP contribution is -2.22. The highest BCUT2D eigenvalue weighted by molar-refractivity contribution is 6.31. The summed E-state index contributed by atoms with van der Waals surface area (Å²) >= 11 is 6.21. The van der Waals surface area contributed by atoms with Gasteiger partial charge in [-0.3, -0.25) is 0 Å². The molecule has 1 atom stereocenters. The first kappa shape index (κ1) is 16.3. The van der Waals surface area contributed by atoms with E-state index in [4.69, 9.17) is 16.3 Å². The van der Waals surface area contributed by atoms with Crippen LogP contribution in [0.2, 0.25) is 5.02 Å². The highest BCUT2D eigenvalue weighted by atomic mass is 35.5. The molecule has 0 saturated carbocycles. The number of hydrogen-bond acceptors (Lipinski definition) is 3. The minimum Gasteiger partial charge on any atom is -0.474 e. The molecule has 19 heavy (non-hydrogen) atoms. The van der Waals surface area contributed by atoms with E-state index < -0.39 is 0 Å². The molecule has 0 aromatic carbocycles. The predicted octanol–water partition coefficient (Wildman–Crippen LogP) is 4.05. The van der Waals surface area contributed by atoms with Crippen molar-refractivity contribution in [2.75, 3.05) is 0 Å². The van der Waals surface area contributed by atoms with Crippen molar-refractivity contribution in [3.63, 3.8) is 0 Å². The number of aromatic nitrogens is 1. The molecule has 1 N–H and O–H groups in total. The van der Waals surface area contributed by atoms with Crippen molar-refractivity contribution in [1.82, 2.24) is 10.3 Å². The summed E-state index contributed by atoms with van der Waals surface area (Å²) in [5.74, 6) is 1.13. The molecule has 0 fully saturated rings. The van der Waals surface area contributed by atoms with Crippen molar-refractivity contribution in [3.05, 3.63) is 22.8 Å². The van der Waals surface area contributed by atoms with Crippen molar-refractivity contribution in [1.29, 1.82) is 0 Å². The van der Waals surface area contributed by atoms with Gasteiger partial charge < -0.3 is 10.1 Å². The maximum absolute atomic E-state index is 6.21. The fourth-order valence-electron chi connectivity index (χ4n) is 1.87. The van der Waals surface area contributed by atoms with Crippen molar-refractivity contribution < 1.29 is 4.74 Å². The average Bonchev–Trinajstić information content (AvgIpc) is 2.28. The Hall–Kier alpha value is -0.800. The molecule has 108 valence electrons. The van der Waals surface area contributed by atoms with Crippen molar-refractivity contribution in [2.45, 2.75) is 59.7 Å². The van der Waals surface area contributed by atoms with Gasteiger partial charge in [0.15, 0.2) is 0 Å². The van der Waals surface area contributed by atoms with Crippen LogP contribution in [-0.2, 0) is 6.54 Å². The van der Waals surface area contributed by atoms with Gasteiger partial charge >= 0.3 is 0 Å². The lowest BCUT2D eigenvalue weighted by Gasteiger charge is -2.17. The van der Waals surface area contributed by atoms with Crippen LogP contribution in [0.4, 0.5) is 0 Å². The van der Waals surface area contributed by atoms with Crippen LogP contribution in [-0.4, -0.2) is 17.1 Å². The van der Waals surface area contributed by atoms with E-state index in [0.717, 1.165) is 18.5 Å². The number of pyridine rings is 1. The maximum Gasteiger partial charge on any atom is 0.232 e. The highest BCUT2D eigenvalue weighted by Crippen LogP contribution is 2.24. The van der Waals surface area contributed by atoms with Crippen LogP contribution in [0.1, 0.15) is 46.6 Å². The molecule has 0 aliphatic rings. The van der Waals surface area contributed by atoms with Gasteiger partial charge in [-0.25, -0.2) is 4.98 Å². The molecule has 1 aromatic rings. The third kappa shape index (κ3) is 6.26. The summed E-state index contributed by atoms with van der Waals surface area (Å²) in [7, 11) is 0. The standard InChI is InChI=1S/C15H25ClN2O/c1-10(2)6-12(5)19-15-14(16)7-13(9-18-15)8-17-11(3)4/h7,9-12,17H,6,8H2,1-5H3. The molecule has 0 radical (unpaired) electrons. The zero-order valence-corrected chi connectivity index (χ0v) is 13.3. The second kappa shape index (κ2) is 7.71. The van der Waals surface area contributed by atoms with Crippen LogP contribution >= 0.6 is 11.6 Å². The lowest BCUT2D eigenvalue weighted by molar-refractivity contribution is 0.186. The molecule has 0 aliphatic carbocycles.